The highest BCUT2D eigenvalue weighted by Gasteiger charge is 1.92. The Morgan fingerprint density at radius 2 is 1.15 bits per heavy atom. The fraction of sp³-hybridized carbons (Fsp3) is 0.842. The molecule has 0 aliphatic heterocycles. The summed E-state index contributed by atoms with van der Waals surface area (Å²) in [6.45, 7) is 3.95. The maximum Gasteiger partial charge on any atom is 0.129 e. The lowest BCUT2D eigenvalue weighted by Gasteiger charge is -2.00. The van der Waals surface area contributed by atoms with Gasteiger partial charge in [-0.05, 0) is 39.0 Å². The summed E-state index contributed by atoms with van der Waals surface area (Å²) in [4.78, 5) is 10.8. The van der Waals surface area contributed by atoms with Gasteiger partial charge in [-0.1, -0.05) is 70.4 Å². The maximum absolute atomic E-state index is 10.8. The van der Waals surface area contributed by atoms with E-state index in [4.69, 9.17) is 0 Å². The molecule has 0 fully saturated rings. The van der Waals surface area contributed by atoms with Gasteiger partial charge in [0, 0.05) is 6.42 Å². The van der Waals surface area contributed by atoms with Gasteiger partial charge in [0.05, 0.1) is 0 Å². The molecule has 0 saturated carbocycles. The van der Waals surface area contributed by atoms with E-state index in [-0.39, 0.29) is 0 Å². The molecule has 0 bridgehead atoms. The van der Waals surface area contributed by atoms with Gasteiger partial charge in [-0.2, -0.15) is 0 Å². The third kappa shape index (κ3) is 17.4. The molecule has 0 unspecified atom stereocenters. The van der Waals surface area contributed by atoms with E-state index in [9.17, 15) is 4.79 Å². The highest BCUT2D eigenvalue weighted by atomic mass is 16.1. The van der Waals surface area contributed by atoms with Gasteiger partial charge in [0.2, 0.25) is 0 Å². The zero-order valence-corrected chi connectivity index (χ0v) is 14.0. The molecule has 0 aromatic heterocycles. The van der Waals surface area contributed by atoms with E-state index in [1.54, 1.807) is 6.92 Å². The highest BCUT2D eigenvalue weighted by Crippen LogP contribution is 2.11. The summed E-state index contributed by atoms with van der Waals surface area (Å²) < 4.78 is 0. The van der Waals surface area contributed by atoms with Crippen LogP contribution in [0, 0.1) is 0 Å². The van der Waals surface area contributed by atoms with Gasteiger partial charge in [0.25, 0.3) is 0 Å². The minimum atomic E-state index is 0.323. The topological polar surface area (TPSA) is 17.1 Å². The van der Waals surface area contributed by atoms with Crippen LogP contribution in [-0.2, 0) is 4.79 Å². The molecule has 0 amide bonds. The van der Waals surface area contributed by atoms with Crippen LogP contribution in [0.1, 0.15) is 104 Å². The minimum Gasteiger partial charge on any atom is -0.300 e. The summed E-state index contributed by atoms with van der Waals surface area (Å²) in [5.41, 5.74) is 0. The molecule has 0 aromatic rings. The number of Topliss-reactive ketones (excluding diaryl/α,β-unsaturated/α-hetero) is 1. The molecule has 1 heteroatoms. The van der Waals surface area contributed by atoms with Gasteiger partial charge < -0.3 is 4.79 Å². The summed E-state index contributed by atoms with van der Waals surface area (Å²) in [6, 6.07) is 0. The first-order valence-electron chi connectivity index (χ1n) is 8.91. The van der Waals surface area contributed by atoms with E-state index in [0.717, 1.165) is 25.7 Å². The van der Waals surface area contributed by atoms with Gasteiger partial charge in [-0.3, -0.25) is 0 Å². The maximum atomic E-state index is 10.8. The Labute approximate surface area is 127 Å². The van der Waals surface area contributed by atoms with Crippen molar-refractivity contribution in [2.75, 3.05) is 0 Å². The number of allylic oxidation sites excluding steroid dienone is 2. The fourth-order valence-electron chi connectivity index (χ4n) is 2.44. The smallest absolute Gasteiger partial charge is 0.129 e. The van der Waals surface area contributed by atoms with Gasteiger partial charge in [0.15, 0.2) is 0 Å². The highest BCUT2D eigenvalue weighted by molar-refractivity contribution is 5.75. The summed E-state index contributed by atoms with van der Waals surface area (Å²) in [5, 5.41) is 0. The second-order valence-corrected chi connectivity index (χ2v) is 6.04. The van der Waals surface area contributed by atoms with Crippen LogP contribution >= 0.6 is 0 Å². The van der Waals surface area contributed by atoms with Crippen LogP contribution in [0.4, 0.5) is 0 Å². The van der Waals surface area contributed by atoms with Crippen molar-refractivity contribution in [2.24, 2.45) is 0 Å². The summed E-state index contributed by atoms with van der Waals surface area (Å²) in [7, 11) is 0. The minimum absolute atomic E-state index is 0.323. The van der Waals surface area contributed by atoms with Crippen LogP contribution in [0.15, 0.2) is 12.2 Å². The van der Waals surface area contributed by atoms with Crippen molar-refractivity contribution >= 4 is 5.78 Å². The molecule has 0 spiro atoms. The molecule has 0 aliphatic rings. The molecule has 0 rings (SSSR count). The number of hydrogen-bond acceptors (Lipinski definition) is 1. The van der Waals surface area contributed by atoms with E-state index in [1.807, 2.05) is 0 Å². The van der Waals surface area contributed by atoms with Crippen LogP contribution in [-0.4, -0.2) is 5.78 Å². The van der Waals surface area contributed by atoms with Crippen LogP contribution in [0.5, 0.6) is 0 Å². The molecule has 118 valence electrons. The average molecular weight is 280 g/mol. The van der Waals surface area contributed by atoms with Gasteiger partial charge in [0.1, 0.15) is 5.78 Å². The van der Waals surface area contributed by atoms with Crippen molar-refractivity contribution in [3.63, 3.8) is 0 Å². The van der Waals surface area contributed by atoms with Crippen molar-refractivity contribution in [3.8, 4) is 0 Å². The third-order valence-electron chi connectivity index (χ3n) is 3.79. The van der Waals surface area contributed by atoms with Crippen LogP contribution < -0.4 is 0 Å². The number of rotatable bonds is 15. The number of hydrogen-bond donors (Lipinski definition) is 0. The predicted molar refractivity (Wildman–Crippen MR) is 90.1 cm³/mol. The number of ketones is 1. The summed E-state index contributed by atoms with van der Waals surface area (Å²) in [5.74, 6) is 0.323. The van der Waals surface area contributed by atoms with E-state index in [2.05, 4.69) is 19.1 Å². The summed E-state index contributed by atoms with van der Waals surface area (Å²) in [6.07, 6.45) is 22.6. The lowest BCUT2D eigenvalue weighted by molar-refractivity contribution is -0.117. The molecule has 0 aromatic carbocycles. The molecular weight excluding hydrogens is 244 g/mol. The molecule has 0 heterocycles. The Kier molecular flexibility index (Phi) is 16.0. The van der Waals surface area contributed by atoms with Gasteiger partial charge >= 0.3 is 0 Å². The molecule has 0 radical (unpaired) electrons. The second-order valence-electron chi connectivity index (χ2n) is 6.04. The molecule has 1 nitrogen and oxygen atoms in total. The molecule has 20 heavy (non-hydrogen) atoms. The van der Waals surface area contributed by atoms with Gasteiger partial charge in [-0.25, -0.2) is 0 Å². The zero-order chi connectivity index (χ0) is 14.9. The first-order chi connectivity index (χ1) is 9.77. The monoisotopic (exact) mass is 280 g/mol. The van der Waals surface area contributed by atoms with E-state index in [0.29, 0.717) is 5.78 Å². The van der Waals surface area contributed by atoms with Crippen molar-refractivity contribution < 1.29 is 4.79 Å². The Balaban J connectivity index is 3.06. The standard InChI is InChI=1S/C19H36O/c1-3-4-5-6-7-8-9-10-11-12-13-14-15-16-17-18-19(2)20/h13-14H,3-12,15-18H2,1-2H3. The van der Waals surface area contributed by atoms with Crippen LogP contribution in [0.3, 0.4) is 0 Å². The molecule has 0 atom stereocenters. The lowest BCUT2D eigenvalue weighted by Crippen LogP contribution is -1.88. The number of carbonyl (C=O) groups excluding carboxylic acids is 1. The summed E-state index contributed by atoms with van der Waals surface area (Å²) >= 11 is 0. The Morgan fingerprint density at radius 3 is 1.65 bits per heavy atom. The predicted octanol–water partition coefficient (Wildman–Crippen LogP) is 6.61. The first-order valence-corrected chi connectivity index (χ1v) is 8.91. The normalized spacial score (nSPS) is 11.3. The van der Waals surface area contributed by atoms with Crippen molar-refractivity contribution in [1.82, 2.24) is 0 Å². The number of unbranched alkanes of at least 4 members (excludes halogenated alkanes) is 11. The third-order valence-corrected chi connectivity index (χ3v) is 3.79. The van der Waals surface area contributed by atoms with Crippen molar-refractivity contribution in [1.29, 1.82) is 0 Å². The zero-order valence-electron chi connectivity index (χ0n) is 14.0. The van der Waals surface area contributed by atoms with Crippen LogP contribution in [0.2, 0.25) is 0 Å². The Hall–Kier alpha value is -0.590. The largest absolute Gasteiger partial charge is 0.300 e. The number of carbonyl (C=O) groups is 1. The Bertz CT molecular complexity index is 230. The van der Waals surface area contributed by atoms with E-state index >= 15 is 0 Å². The first kappa shape index (κ1) is 19.4. The fourth-order valence-corrected chi connectivity index (χ4v) is 2.44. The molecular formula is C19H36O. The van der Waals surface area contributed by atoms with Crippen molar-refractivity contribution in [2.45, 2.75) is 104 Å². The van der Waals surface area contributed by atoms with Crippen LogP contribution in [0.25, 0.3) is 0 Å². The molecule has 0 N–H and O–H groups in total. The molecule has 0 aliphatic carbocycles. The van der Waals surface area contributed by atoms with E-state index in [1.165, 1.54) is 64.2 Å². The lowest BCUT2D eigenvalue weighted by atomic mass is 10.1. The molecule has 0 saturated heterocycles. The second kappa shape index (κ2) is 16.5. The van der Waals surface area contributed by atoms with Gasteiger partial charge in [-0.15, -0.1) is 0 Å². The quantitative estimate of drug-likeness (QED) is 0.243. The SMILES string of the molecule is CCCCCCCCCCCC=CCCCCC(C)=O. The average Bonchev–Trinajstić information content (AvgIpc) is 2.43. The van der Waals surface area contributed by atoms with Crippen molar-refractivity contribution in [3.05, 3.63) is 12.2 Å². The van der Waals surface area contributed by atoms with E-state index < -0.39 is 0 Å². The Morgan fingerprint density at radius 1 is 0.700 bits per heavy atom.